The van der Waals surface area contributed by atoms with Gasteiger partial charge in [0.15, 0.2) is 11.7 Å². The van der Waals surface area contributed by atoms with E-state index in [-0.39, 0.29) is 44.2 Å². The normalized spacial score (nSPS) is 13.7. The first kappa shape index (κ1) is 19.7. The number of ketones is 1. The lowest BCUT2D eigenvalue weighted by atomic mass is 10.1. The average molecular weight is 404 g/mol. The van der Waals surface area contributed by atoms with Crippen LogP contribution >= 0.6 is 11.3 Å². The number of ether oxygens (including phenoxy) is 1. The lowest BCUT2D eigenvalue weighted by Gasteiger charge is -2.11. The minimum Gasteiger partial charge on any atom is -0.457 e. The molecule has 9 nitrogen and oxygen atoms in total. The molecule has 0 unspecified atom stereocenters. The maximum atomic E-state index is 12.5. The molecule has 1 fully saturated rings. The summed E-state index contributed by atoms with van der Waals surface area (Å²) in [7, 11) is 0. The number of nitrogens with zero attached hydrogens (tertiary/aromatic N) is 3. The van der Waals surface area contributed by atoms with Crippen molar-refractivity contribution in [2.24, 2.45) is 0 Å². The van der Waals surface area contributed by atoms with Crippen LogP contribution < -0.4 is 5.32 Å². The molecule has 10 heteroatoms. The number of Topliss-reactive ketones (excluding diaryl/α,β-unsaturated/α-hetero) is 1. The first-order valence-corrected chi connectivity index (χ1v) is 9.62. The molecule has 3 amide bonds. The summed E-state index contributed by atoms with van der Waals surface area (Å²) in [5.74, 6) is -1.16. The van der Waals surface area contributed by atoms with E-state index in [1.165, 1.54) is 11.3 Å². The predicted octanol–water partition coefficient (Wildman–Crippen LogP) is 1.61. The molecule has 0 atom stereocenters. The van der Waals surface area contributed by atoms with Gasteiger partial charge < -0.3 is 10.1 Å². The molecular formula is C18H20N4O5S. The Bertz CT molecular complexity index is 903. The van der Waals surface area contributed by atoms with E-state index in [4.69, 9.17) is 4.74 Å². The second-order valence-corrected chi connectivity index (χ2v) is 7.20. The fraction of sp³-hybridized carbons (Fsp3) is 0.389. The first-order chi connectivity index (χ1) is 13.4. The third-order valence-electron chi connectivity index (χ3n) is 4.41. The van der Waals surface area contributed by atoms with Gasteiger partial charge in [-0.2, -0.15) is 0 Å². The number of aromatic nitrogens is 2. The second kappa shape index (κ2) is 8.34. The van der Waals surface area contributed by atoms with E-state index in [1.54, 1.807) is 12.3 Å². The van der Waals surface area contributed by atoms with E-state index in [2.05, 4.69) is 10.3 Å². The number of rotatable bonds is 8. The van der Waals surface area contributed by atoms with Crippen LogP contribution in [-0.4, -0.2) is 57.8 Å². The summed E-state index contributed by atoms with van der Waals surface area (Å²) in [6, 6.07) is 1.30. The quantitative estimate of drug-likeness (QED) is 0.407. The van der Waals surface area contributed by atoms with Crippen molar-refractivity contribution >= 4 is 35.0 Å². The minimum atomic E-state index is -0.547. The third-order valence-corrected chi connectivity index (χ3v) is 5.16. The van der Waals surface area contributed by atoms with Crippen molar-refractivity contribution in [3.8, 4) is 5.13 Å². The lowest BCUT2D eigenvalue weighted by Crippen LogP contribution is -2.32. The molecule has 1 aliphatic rings. The van der Waals surface area contributed by atoms with Gasteiger partial charge in [0.25, 0.3) is 0 Å². The highest BCUT2D eigenvalue weighted by Gasteiger charge is 2.28. The molecule has 3 rings (SSSR count). The van der Waals surface area contributed by atoms with Gasteiger partial charge in [-0.15, -0.1) is 11.3 Å². The maximum Gasteiger partial charge on any atom is 0.324 e. The highest BCUT2D eigenvalue weighted by molar-refractivity contribution is 7.12. The molecule has 0 bridgehead atoms. The number of hydrogen-bond acceptors (Lipinski definition) is 7. The van der Waals surface area contributed by atoms with Gasteiger partial charge >= 0.3 is 12.0 Å². The number of hydrogen-bond donors (Lipinski definition) is 1. The van der Waals surface area contributed by atoms with Crippen molar-refractivity contribution in [2.75, 3.05) is 19.7 Å². The van der Waals surface area contributed by atoms with Crippen LogP contribution in [0.4, 0.5) is 4.79 Å². The van der Waals surface area contributed by atoms with Crippen LogP contribution in [0.3, 0.4) is 0 Å². The summed E-state index contributed by atoms with van der Waals surface area (Å²) in [6.45, 7) is 3.47. The molecule has 0 aliphatic carbocycles. The van der Waals surface area contributed by atoms with Crippen molar-refractivity contribution in [2.45, 2.75) is 26.7 Å². The Kier molecular flexibility index (Phi) is 5.88. The van der Waals surface area contributed by atoms with Crippen molar-refractivity contribution in [3.63, 3.8) is 0 Å². The Balaban J connectivity index is 1.50. The van der Waals surface area contributed by atoms with Gasteiger partial charge in [0, 0.05) is 41.5 Å². The second-order valence-electron chi connectivity index (χ2n) is 6.33. The topological polar surface area (TPSA) is 111 Å². The standard InChI is InChI=1S/C18H20N4O5S/c1-11-8-13(12(2)22(11)18-19-5-7-28-18)14(23)10-27-16(25)4-3-6-21-15(24)9-20-17(21)26/h5,7-8H,3-4,6,9-10H2,1-2H3,(H,20,26). The number of aryl methyl sites for hydroxylation is 1. The van der Waals surface area contributed by atoms with E-state index in [0.29, 0.717) is 5.56 Å². The van der Waals surface area contributed by atoms with Gasteiger partial charge in [0.1, 0.15) is 0 Å². The largest absolute Gasteiger partial charge is 0.457 e. The Labute approximate surface area is 165 Å². The zero-order valence-electron chi connectivity index (χ0n) is 15.6. The summed E-state index contributed by atoms with van der Waals surface area (Å²) in [5, 5.41) is 5.04. The molecule has 0 aromatic carbocycles. The van der Waals surface area contributed by atoms with Crippen molar-refractivity contribution in [1.82, 2.24) is 19.8 Å². The summed E-state index contributed by atoms with van der Waals surface area (Å²) < 4.78 is 6.94. The van der Waals surface area contributed by atoms with Crippen molar-refractivity contribution in [1.29, 1.82) is 0 Å². The number of carbonyl (C=O) groups is 4. The van der Waals surface area contributed by atoms with Crippen LogP contribution in [-0.2, 0) is 14.3 Å². The SMILES string of the molecule is Cc1cc(C(=O)COC(=O)CCCN2C(=O)CNC2=O)c(C)n1-c1nccs1. The molecule has 1 aliphatic heterocycles. The van der Waals surface area contributed by atoms with Gasteiger partial charge in [-0.1, -0.05) is 0 Å². The summed E-state index contributed by atoms with van der Waals surface area (Å²) in [6.07, 6.45) is 1.99. The molecule has 1 saturated heterocycles. The molecular weight excluding hydrogens is 384 g/mol. The first-order valence-electron chi connectivity index (χ1n) is 8.74. The van der Waals surface area contributed by atoms with Crippen molar-refractivity contribution < 1.29 is 23.9 Å². The molecule has 28 heavy (non-hydrogen) atoms. The van der Waals surface area contributed by atoms with Crippen LogP contribution in [0.5, 0.6) is 0 Å². The number of amides is 3. The number of nitrogens with one attached hydrogen (secondary N) is 1. The van der Waals surface area contributed by atoms with Crippen LogP contribution in [0, 0.1) is 13.8 Å². The number of carbonyl (C=O) groups excluding carboxylic acids is 4. The predicted molar refractivity (Wildman–Crippen MR) is 101 cm³/mol. The van der Waals surface area contributed by atoms with Crippen LogP contribution in [0.25, 0.3) is 5.13 Å². The molecule has 2 aromatic rings. The number of esters is 1. The number of urea groups is 1. The molecule has 0 saturated carbocycles. The van der Waals surface area contributed by atoms with Crippen LogP contribution in [0.1, 0.15) is 34.6 Å². The average Bonchev–Trinajstić information content (AvgIpc) is 3.35. The van der Waals surface area contributed by atoms with Gasteiger partial charge in [-0.05, 0) is 26.3 Å². The molecule has 0 radical (unpaired) electrons. The van der Waals surface area contributed by atoms with Gasteiger partial charge in [-0.25, -0.2) is 9.78 Å². The number of imide groups is 1. The summed E-state index contributed by atoms with van der Waals surface area (Å²) in [4.78, 5) is 52.5. The van der Waals surface area contributed by atoms with E-state index in [1.807, 2.05) is 23.8 Å². The zero-order valence-corrected chi connectivity index (χ0v) is 16.4. The van der Waals surface area contributed by atoms with Gasteiger partial charge in [0.2, 0.25) is 11.7 Å². The number of thiazole rings is 1. The fourth-order valence-corrected chi connectivity index (χ4v) is 3.78. The molecule has 2 aromatic heterocycles. The van der Waals surface area contributed by atoms with E-state index < -0.39 is 12.0 Å². The van der Waals surface area contributed by atoms with E-state index in [0.717, 1.165) is 21.4 Å². The zero-order chi connectivity index (χ0) is 20.3. The molecule has 1 N–H and O–H groups in total. The summed E-state index contributed by atoms with van der Waals surface area (Å²) >= 11 is 1.47. The van der Waals surface area contributed by atoms with Gasteiger partial charge in [-0.3, -0.25) is 23.9 Å². The fourth-order valence-electron chi connectivity index (χ4n) is 3.02. The van der Waals surface area contributed by atoms with E-state index in [9.17, 15) is 19.2 Å². The highest BCUT2D eigenvalue weighted by Crippen LogP contribution is 2.22. The monoisotopic (exact) mass is 404 g/mol. The Morgan fingerprint density at radius 1 is 1.32 bits per heavy atom. The lowest BCUT2D eigenvalue weighted by molar-refractivity contribution is -0.142. The van der Waals surface area contributed by atoms with Crippen LogP contribution in [0.2, 0.25) is 0 Å². The maximum absolute atomic E-state index is 12.5. The Hall–Kier alpha value is -3.01. The van der Waals surface area contributed by atoms with E-state index >= 15 is 0 Å². The Morgan fingerprint density at radius 3 is 2.75 bits per heavy atom. The minimum absolute atomic E-state index is 0.0163. The third kappa shape index (κ3) is 4.11. The molecule has 148 valence electrons. The van der Waals surface area contributed by atoms with Gasteiger partial charge in [0.05, 0.1) is 6.54 Å². The molecule has 0 spiro atoms. The van der Waals surface area contributed by atoms with Crippen molar-refractivity contribution in [3.05, 3.63) is 34.6 Å². The smallest absolute Gasteiger partial charge is 0.324 e. The highest BCUT2D eigenvalue weighted by atomic mass is 32.1. The Morgan fingerprint density at radius 2 is 2.11 bits per heavy atom. The van der Waals surface area contributed by atoms with Crippen LogP contribution in [0.15, 0.2) is 17.6 Å². The summed E-state index contributed by atoms with van der Waals surface area (Å²) in [5.41, 5.74) is 2.10. The molecule has 3 heterocycles.